The van der Waals surface area contributed by atoms with Gasteiger partial charge in [0, 0.05) is 44.6 Å². The van der Waals surface area contributed by atoms with E-state index < -0.39 is 0 Å². The fraction of sp³-hybridized carbons (Fsp3) is 0.600. The number of rotatable bonds is 3. The molecule has 2 atom stereocenters. The summed E-state index contributed by atoms with van der Waals surface area (Å²) in [5, 5.41) is 3.53. The Bertz CT molecular complexity index is 475. The van der Waals surface area contributed by atoms with Gasteiger partial charge in [-0.1, -0.05) is 0 Å². The van der Waals surface area contributed by atoms with Crippen LogP contribution in [0.25, 0.3) is 0 Å². The summed E-state index contributed by atoms with van der Waals surface area (Å²) in [5.74, 6) is -0.0644. The molecular formula is C15H24N4O. The molecule has 2 rings (SSSR count). The van der Waals surface area contributed by atoms with E-state index in [4.69, 9.17) is 0 Å². The van der Waals surface area contributed by atoms with Crippen LogP contribution in [0.3, 0.4) is 0 Å². The average molecular weight is 276 g/mol. The zero-order valence-corrected chi connectivity index (χ0v) is 12.8. The maximum atomic E-state index is 11.9. The fourth-order valence-corrected chi connectivity index (χ4v) is 2.52. The van der Waals surface area contributed by atoms with Gasteiger partial charge in [-0.15, -0.1) is 0 Å². The Balaban J connectivity index is 2.03. The van der Waals surface area contributed by atoms with E-state index in [1.165, 1.54) is 0 Å². The van der Waals surface area contributed by atoms with E-state index in [2.05, 4.69) is 29.2 Å². The van der Waals surface area contributed by atoms with E-state index >= 15 is 0 Å². The van der Waals surface area contributed by atoms with Gasteiger partial charge in [0.2, 0.25) is 0 Å². The number of amides is 1. The fourth-order valence-electron chi connectivity index (χ4n) is 2.52. The highest BCUT2D eigenvalue weighted by molar-refractivity contribution is 5.92. The summed E-state index contributed by atoms with van der Waals surface area (Å²) < 4.78 is 0. The molecule has 0 bridgehead atoms. The minimum Gasteiger partial charge on any atom is -0.382 e. The Labute approximate surface area is 121 Å². The molecule has 5 heteroatoms. The van der Waals surface area contributed by atoms with Crippen LogP contribution in [0.5, 0.6) is 0 Å². The van der Waals surface area contributed by atoms with Crippen LogP contribution in [-0.2, 0) is 0 Å². The molecule has 0 saturated carbocycles. The number of nitrogens with one attached hydrogen (secondary N) is 1. The van der Waals surface area contributed by atoms with Gasteiger partial charge in [-0.3, -0.25) is 9.78 Å². The summed E-state index contributed by atoms with van der Waals surface area (Å²) in [6.07, 6.45) is 3.94. The monoisotopic (exact) mass is 276 g/mol. The molecule has 0 aliphatic carbocycles. The first-order valence-electron chi connectivity index (χ1n) is 7.12. The third-order valence-corrected chi connectivity index (χ3v) is 3.96. The third kappa shape index (κ3) is 3.48. The van der Waals surface area contributed by atoms with Gasteiger partial charge in [-0.2, -0.15) is 0 Å². The SMILES string of the molecule is CC1CC(Nc2ccnc(C(=O)N(C)C)c2)CCN1C. The van der Waals surface area contributed by atoms with E-state index in [-0.39, 0.29) is 5.91 Å². The number of carbonyl (C=O) groups excluding carboxylic acids is 1. The molecule has 2 heterocycles. The molecule has 1 fully saturated rings. The second kappa shape index (κ2) is 6.22. The van der Waals surface area contributed by atoms with Gasteiger partial charge in [0.15, 0.2) is 0 Å². The van der Waals surface area contributed by atoms with Crippen LogP contribution in [-0.4, -0.2) is 60.5 Å². The van der Waals surface area contributed by atoms with E-state index in [1.54, 1.807) is 25.2 Å². The van der Waals surface area contributed by atoms with Gasteiger partial charge in [0.05, 0.1) is 0 Å². The first kappa shape index (κ1) is 14.8. The maximum Gasteiger partial charge on any atom is 0.272 e. The third-order valence-electron chi connectivity index (χ3n) is 3.96. The molecule has 5 nitrogen and oxygen atoms in total. The molecule has 0 radical (unpaired) electrons. The maximum absolute atomic E-state index is 11.9. The number of piperidine rings is 1. The second-order valence-corrected chi connectivity index (χ2v) is 5.82. The Hall–Kier alpha value is -1.62. The number of anilines is 1. The largest absolute Gasteiger partial charge is 0.382 e. The van der Waals surface area contributed by atoms with Crippen LogP contribution in [0, 0.1) is 0 Å². The van der Waals surface area contributed by atoms with Crippen LogP contribution in [0.15, 0.2) is 18.3 Å². The summed E-state index contributed by atoms with van der Waals surface area (Å²) >= 11 is 0. The van der Waals surface area contributed by atoms with Crippen molar-refractivity contribution in [1.29, 1.82) is 0 Å². The molecular weight excluding hydrogens is 252 g/mol. The minimum absolute atomic E-state index is 0.0644. The summed E-state index contributed by atoms with van der Waals surface area (Å²) in [6, 6.07) is 4.82. The van der Waals surface area contributed by atoms with Crippen LogP contribution in [0.2, 0.25) is 0 Å². The topological polar surface area (TPSA) is 48.5 Å². The lowest BCUT2D eigenvalue weighted by Gasteiger charge is -2.35. The standard InChI is InChI=1S/C15H24N4O/c1-11-9-13(6-8-19(11)4)17-12-5-7-16-14(10-12)15(20)18(2)3/h5,7,10-11,13H,6,8-9H2,1-4H3,(H,16,17). The molecule has 1 aromatic rings. The van der Waals surface area contributed by atoms with Crippen molar-refractivity contribution >= 4 is 11.6 Å². The molecule has 1 saturated heterocycles. The van der Waals surface area contributed by atoms with Gasteiger partial charge >= 0.3 is 0 Å². The lowest BCUT2D eigenvalue weighted by molar-refractivity contribution is 0.0822. The summed E-state index contributed by atoms with van der Waals surface area (Å²) in [5.41, 5.74) is 1.47. The second-order valence-electron chi connectivity index (χ2n) is 5.82. The molecule has 0 spiro atoms. The summed E-state index contributed by atoms with van der Waals surface area (Å²) in [7, 11) is 5.65. The lowest BCUT2D eigenvalue weighted by atomic mass is 9.99. The molecule has 1 aliphatic rings. The summed E-state index contributed by atoms with van der Waals surface area (Å²) in [4.78, 5) is 20.0. The highest BCUT2D eigenvalue weighted by Crippen LogP contribution is 2.20. The van der Waals surface area contributed by atoms with Crippen molar-refractivity contribution in [2.45, 2.75) is 31.8 Å². The Morgan fingerprint density at radius 2 is 2.25 bits per heavy atom. The van der Waals surface area contributed by atoms with Gasteiger partial charge in [0.1, 0.15) is 5.69 Å². The Morgan fingerprint density at radius 1 is 1.50 bits per heavy atom. The van der Waals surface area contributed by atoms with Crippen molar-refractivity contribution in [2.24, 2.45) is 0 Å². The van der Waals surface area contributed by atoms with Crippen LogP contribution >= 0.6 is 0 Å². The van der Waals surface area contributed by atoms with E-state index in [1.807, 2.05) is 12.1 Å². The predicted molar refractivity (Wildman–Crippen MR) is 81.0 cm³/mol. The minimum atomic E-state index is -0.0644. The number of hydrogen-bond acceptors (Lipinski definition) is 4. The first-order chi connectivity index (χ1) is 9.47. The molecule has 1 N–H and O–H groups in total. The average Bonchev–Trinajstić information content (AvgIpc) is 2.42. The predicted octanol–water partition coefficient (Wildman–Crippen LogP) is 1.68. The number of hydrogen-bond donors (Lipinski definition) is 1. The van der Waals surface area contributed by atoms with Crippen LogP contribution in [0.4, 0.5) is 5.69 Å². The lowest BCUT2D eigenvalue weighted by Crippen LogP contribution is -2.42. The Kier molecular flexibility index (Phi) is 4.60. The van der Waals surface area contributed by atoms with Crippen molar-refractivity contribution in [3.8, 4) is 0 Å². The Morgan fingerprint density at radius 3 is 2.90 bits per heavy atom. The highest BCUT2D eigenvalue weighted by Gasteiger charge is 2.22. The van der Waals surface area contributed by atoms with Gasteiger partial charge < -0.3 is 15.1 Å². The number of aromatic nitrogens is 1. The van der Waals surface area contributed by atoms with E-state index in [0.717, 1.165) is 25.1 Å². The molecule has 2 unspecified atom stereocenters. The molecule has 110 valence electrons. The molecule has 0 aromatic carbocycles. The normalized spacial score (nSPS) is 23.4. The van der Waals surface area contributed by atoms with Crippen molar-refractivity contribution in [1.82, 2.24) is 14.8 Å². The molecule has 1 amide bonds. The zero-order valence-electron chi connectivity index (χ0n) is 12.8. The number of carbonyl (C=O) groups is 1. The van der Waals surface area contributed by atoms with Crippen LogP contribution in [0.1, 0.15) is 30.3 Å². The molecule has 1 aliphatic heterocycles. The van der Waals surface area contributed by atoms with Gasteiger partial charge in [0.25, 0.3) is 5.91 Å². The number of likely N-dealkylation sites (tertiary alicyclic amines) is 1. The van der Waals surface area contributed by atoms with Crippen molar-refractivity contribution < 1.29 is 4.79 Å². The number of pyridine rings is 1. The van der Waals surface area contributed by atoms with E-state index in [0.29, 0.717) is 17.8 Å². The zero-order chi connectivity index (χ0) is 14.7. The highest BCUT2D eigenvalue weighted by atomic mass is 16.2. The smallest absolute Gasteiger partial charge is 0.272 e. The van der Waals surface area contributed by atoms with Gasteiger partial charge in [-0.25, -0.2) is 0 Å². The first-order valence-corrected chi connectivity index (χ1v) is 7.12. The van der Waals surface area contributed by atoms with Crippen LogP contribution < -0.4 is 5.32 Å². The number of nitrogens with zero attached hydrogens (tertiary/aromatic N) is 3. The van der Waals surface area contributed by atoms with Crippen molar-refractivity contribution in [3.05, 3.63) is 24.0 Å². The summed E-state index contributed by atoms with van der Waals surface area (Å²) in [6.45, 7) is 3.36. The molecule has 1 aromatic heterocycles. The van der Waals surface area contributed by atoms with Crippen molar-refractivity contribution in [3.63, 3.8) is 0 Å². The van der Waals surface area contributed by atoms with Gasteiger partial charge in [-0.05, 0) is 38.9 Å². The van der Waals surface area contributed by atoms with E-state index in [9.17, 15) is 4.79 Å². The molecule has 20 heavy (non-hydrogen) atoms. The quantitative estimate of drug-likeness (QED) is 0.912. The van der Waals surface area contributed by atoms with Crippen molar-refractivity contribution in [2.75, 3.05) is 33.0 Å².